The van der Waals surface area contributed by atoms with Crippen LogP contribution in [0.5, 0.6) is 0 Å². The van der Waals surface area contributed by atoms with Crippen molar-refractivity contribution in [2.45, 2.75) is 26.2 Å². The lowest BCUT2D eigenvalue weighted by Gasteiger charge is -2.16. The summed E-state index contributed by atoms with van der Waals surface area (Å²) in [7, 11) is 0. The maximum Gasteiger partial charge on any atom is 0.348 e. The Morgan fingerprint density at radius 2 is 1.96 bits per heavy atom. The van der Waals surface area contributed by atoms with Crippen molar-refractivity contribution >= 4 is 39.7 Å². The Kier molecular flexibility index (Phi) is 4.94. The van der Waals surface area contributed by atoms with Gasteiger partial charge in [0, 0.05) is 10.6 Å². The molecule has 1 atom stereocenters. The lowest BCUT2D eigenvalue weighted by atomic mass is 9.90. The third kappa shape index (κ3) is 4.03. The molecule has 0 aliphatic heterocycles. The van der Waals surface area contributed by atoms with Crippen molar-refractivity contribution in [2.75, 3.05) is 11.9 Å². The van der Waals surface area contributed by atoms with E-state index in [2.05, 4.69) is 12.2 Å². The first-order chi connectivity index (χ1) is 13.1. The quantitative estimate of drug-likeness (QED) is 0.661. The van der Waals surface area contributed by atoms with Crippen LogP contribution in [0.3, 0.4) is 0 Å². The largest absolute Gasteiger partial charge is 0.451 e. The number of rotatable bonds is 4. The highest BCUT2D eigenvalue weighted by atomic mass is 32.1. The van der Waals surface area contributed by atoms with E-state index in [1.807, 2.05) is 48.5 Å². The molecule has 27 heavy (non-hydrogen) atoms. The van der Waals surface area contributed by atoms with Gasteiger partial charge in [0.15, 0.2) is 6.61 Å². The van der Waals surface area contributed by atoms with Crippen molar-refractivity contribution in [2.24, 2.45) is 5.92 Å². The minimum Gasteiger partial charge on any atom is -0.451 e. The van der Waals surface area contributed by atoms with Gasteiger partial charge in [-0.2, -0.15) is 0 Å². The minimum absolute atomic E-state index is 0.287. The van der Waals surface area contributed by atoms with Crippen LogP contribution in [0, 0.1) is 5.92 Å². The van der Waals surface area contributed by atoms with Crippen molar-refractivity contribution in [1.29, 1.82) is 0 Å². The fraction of sp³-hybridized carbons (Fsp3) is 0.273. The minimum atomic E-state index is -0.421. The SMILES string of the molecule is C[C@@H]1CCc2sc(C(=O)OCC(=O)Nc3ccc4ccccc4c3)cc2C1. The molecular weight excluding hydrogens is 358 g/mol. The van der Waals surface area contributed by atoms with Gasteiger partial charge in [-0.15, -0.1) is 11.3 Å². The number of anilines is 1. The second kappa shape index (κ2) is 7.53. The molecule has 0 fully saturated rings. The third-order valence-corrected chi connectivity index (χ3v) is 6.12. The van der Waals surface area contributed by atoms with Crippen LogP contribution >= 0.6 is 11.3 Å². The van der Waals surface area contributed by atoms with E-state index < -0.39 is 5.97 Å². The summed E-state index contributed by atoms with van der Waals surface area (Å²) in [6.07, 6.45) is 3.20. The highest BCUT2D eigenvalue weighted by molar-refractivity contribution is 7.14. The van der Waals surface area contributed by atoms with E-state index in [1.165, 1.54) is 21.8 Å². The maximum atomic E-state index is 12.3. The van der Waals surface area contributed by atoms with E-state index in [1.54, 1.807) is 0 Å². The highest BCUT2D eigenvalue weighted by Gasteiger charge is 2.21. The number of carbonyl (C=O) groups excluding carboxylic acids is 2. The number of benzene rings is 2. The molecule has 0 radical (unpaired) electrons. The van der Waals surface area contributed by atoms with Gasteiger partial charge < -0.3 is 10.1 Å². The molecule has 1 aliphatic rings. The second-order valence-electron chi connectivity index (χ2n) is 7.09. The van der Waals surface area contributed by atoms with Gasteiger partial charge in [-0.25, -0.2) is 4.79 Å². The average Bonchev–Trinajstić information content (AvgIpc) is 3.09. The maximum absolute atomic E-state index is 12.3. The Morgan fingerprint density at radius 1 is 1.15 bits per heavy atom. The molecule has 0 bridgehead atoms. The number of ether oxygens (including phenoxy) is 1. The Balaban J connectivity index is 1.35. The molecule has 5 heteroatoms. The molecule has 0 spiro atoms. The molecule has 1 N–H and O–H groups in total. The lowest BCUT2D eigenvalue weighted by molar-refractivity contribution is -0.119. The first-order valence-corrected chi connectivity index (χ1v) is 9.97. The molecule has 2 aromatic carbocycles. The fourth-order valence-electron chi connectivity index (χ4n) is 3.47. The Bertz CT molecular complexity index is 1010. The van der Waals surface area contributed by atoms with Gasteiger partial charge in [-0.05, 0) is 59.7 Å². The smallest absolute Gasteiger partial charge is 0.348 e. The lowest BCUT2D eigenvalue weighted by Crippen LogP contribution is -2.20. The van der Waals surface area contributed by atoms with E-state index in [9.17, 15) is 9.59 Å². The topological polar surface area (TPSA) is 55.4 Å². The zero-order valence-electron chi connectivity index (χ0n) is 15.2. The van der Waals surface area contributed by atoms with Crippen molar-refractivity contribution in [3.63, 3.8) is 0 Å². The van der Waals surface area contributed by atoms with Crippen LogP contribution in [-0.4, -0.2) is 18.5 Å². The molecule has 1 heterocycles. The number of carbonyl (C=O) groups is 2. The van der Waals surface area contributed by atoms with Gasteiger partial charge in [0.25, 0.3) is 5.91 Å². The zero-order chi connectivity index (χ0) is 18.8. The second-order valence-corrected chi connectivity index (χ2v) is 8.23. The van der Waals surface area contributed by atoms with E-state index in [-0.39, 0.29) is 12.5 Å². The molecule has 4 nitrogen and oxygen atoms in total. The van der Waals surface area contributed by atoms with Crippen molar-refractivity contribution < 1.29 is 14.3 Å². The summed E-state index contributed by atoms with van der Waals surface area (Å²) in [6.45, 7) is 1.94. The number of hydrogen-bond acceptors (Lipinski definition) is 4. The zero-order valence-corrected chi connectivity index (χ0v) is 16.0. The van der Waals surface area contributed by atoms with Gasteiger partial charge in [-0.1, -0.05) is 37.3 Å². The summed E-state index contributed by atoms with van der Waals surface area (Å²) >= 11 is 1.50. The average molecular weight is 379 g/mol. The van der Waals surface area contributed by atoms with Crippen LogP contribution in [0.25, 0.3) is 10.8 Å². The summed E-state index contributed by atoms with van der Waals surface area (Å²) in [5, 5.41) is 4.94. The normalized spacial score (nSPS) is 16.0. The molecular formula is C22H21NO3S. The van der Waals surface area contributed by atoms with Gasteiger partial charge >= 0.3 is 5.97 Å². The number of thiophene rings is 1. The summed E-state index contributed by atoms with van der Waals surface area (Å²) in [5.41, 5.74) is 1.95. The van der Waals surface area contributed by atoms with Crippen LogP contribution in [0.2, 0.25) is 0 Å². The first kappa shape index (κ1) is 17.7. The number of esters is 1. The number of hydrogen-bond donors (Lipinski definition) is 1. The summed E-state index contributed by atoms with van der Waals surface area (Å²) in [4.78, 5) is 26.3. The molecule has 0 saturated heterocycles. The number of nitrogens with one attached hydrogen (secondary N) is 1. The van der Waals surface area contributed by atoms with E-state index >= 15 is 0 Å². The predicted octanol–water partition coefficient (Wildman–Crippen LogP) is 4.82. The molecule has 1 aliphatic carbocycles. The van der Waals surface area contributed by atoms with Crippen LogP contribution in [0.4, 0.5) is 5.69 Å². The standard InChI is InChI=1S/C22H21NO3S/c1-14-6-9-19-17(10-14)12-20(27-19)22(25)26-13-21(24)23-18-8-7-15-4-2-3-5-16(15)11-18/h2-5,7-8,11-12,14H,6,9-10,13H2,1H3,(H,23,24)/t14-/m1/s1. The van der Waals surface area contributed by atoms with Crippen molar-refractivity contribution in [1.82, 2.24) is 0 Å². The van der Waals surface area contributed by atoms with Crippen LogP contribution in [-0.2, 0) is 22.4 Å². The van der Waals surface area contributed by atoms with Crippen molar-refractivity contribution in [3.8, 4) is 0 Å². The predicted molar refractivity (Wildman–Crippen MR) is 108 cm³/mol. The number of fused-ring (bicyclic) bond motifs is 2. The number of amides is 1. The first-order valence-electron chi connectivity index (χ1n) is 9.16. The van der Waals surface area contributed by atoms with Crippen LogP contribution in [0.1, 0.15) is 33.5 Å². The summed E-state index contributed by atoms with van der Waals surface area (Å²) in [5.74, 6) is -0.104. The van der Waals surface area contributed by atoms with E-state index in [4.69, 9.17) is 4.74 Å². The molecule has 0 unspecified atom stereocenters. The molecule has 1 aromatic heterocycles. The molecule has 1 amide bonds. The van der Waals surface area contributed by atoms with Crippen molar-refractivity contribution in [3.05, 3.63) is 63.8 Å². The monoisotopic (exact) mass is 379 g/mol. The van der Waals surface area contributed by atoms with E-state index in [0.29, 0.717) is 16.5 Å². The van der Waals surface area contributed by atoms with E-state index in [0.717, 1.165) is 30.0 Å². The molecule has 0 saturated carbocycles. The van der Waals surface area contributed by atoms with Crippen LogP contribution < -0.4 is 5.32 Å². The summed E-state index contributed by atoms with van der Waals surface area (Å²) < 4.78 is 5.21. The summed E-state index contributed by atoms with van der Waals surface area (Å²) in [6, 6.07) is 15.6. The van der Waals surface area contributed by atoms with Crippen LogP contribution in [0.15, 0.2) is 48.5 Å². The van der Waals surface area contributed by atoms with Gasteiger partial charge in [0.1, 0.15) is 4.88 Å². The van der Waals surface area contributed by atoms with Gasteiger partial charge in [0.05, 0.1) is 0 Å². The molecule has 138 valence electrons. The van der Waals surface area contributed by atoms with Gasteiger partial charge in [-0.3, -0.25) is 4.79 Å². The van der Waals surface area contributed by atoms with Gasteiger partial charge in [0.2, 0.25) is 0 Å². The third-order valence-electron chi connectivity index (χ3n) is 4.90. The Hall–Kier alpha value is -2.66. The Labute approximate surface area is 162 Å². The Morgan fingerprint density at radius 3 is 2.81 bits per heavy atom. The molecule has 3 aromatic rings. The fourth-order valence-corrected chi connectivity index (χ4v) is 4.57. The highest BCUT2D eigenvalue weighted by Crippen LogP contribution is 2.32. The number of aryl methyl sites for hydroxylation is 1. The molecule has 4 rings (SSSR count).